The molecule has 2 heterocycles. The van der Waals surface area contributed by atoms with E-state index in [-0.39, 0.29) is 0 Å². The molecule has 0 amide bonds. The molecule has 138 valence electrons. The zero-order valence-electron chi connectivity index (χ0n) is 14.7. The molecule has 8 heteroatoms. The molecule has 0 saturated carbocycles. The summed E-state index contributed by atoms with van der Waals surface area (Å²) in [5, 5.41) is 12.7. The molecule has 0 radical (unpaired) electrons. The Balaban J connectivity index is 1.59. The first-order valence-corrected chi connectivity index (χ1v) is 10.1. The lowest BCUT2D eigenvalue weighted by Gasteiger charge is -2.33. The van der Waals surface area contributed by atoms with Crippen molar-refractivity contribution in [1.82, 2.24) is 14.5 Å². The van der Waals surface area contributed by atoms with Gasteiger partial charge in [-0.05, 0) is 30.7 Å². The molecule has 26 heavy (non-hydrogen) atoms. The Morgan fingerprint density at radius 1 is 1.04 bits per heavy atom. The second-order valence-electron chi connectivity index (χ2n) is 5.95. The first kappa shape index (κ1) is 18.3. The summed E-state index contributed by atoms with van der Waals surface area (Å²) < 4.78 is 26.5. The van der Waals surface area contributed by atoms with Gasteiger partial charge in [-0.25, -0.2) is 8.42 Å². The highest BCUT2D eigenvalue weighted by molar-refractivity contribution is 7.92. The van der Waals surface area contributed by atoms with Gasteiger partial charge in [0.25, 0.3) is 0 Å². The second-order valence-corrected chi connectivity index (χ2v) is 7.77. The molecule has 3 rings (SSSR count). The SMILES string of the molecule is CCNc1ccc(N2CCN(S(=O)(=O)/C=C/c3ccccc3)CC2)nn1. The Kier molecular flexibility index (Phi) is 5.85. The van der Waals surface area contributed by atoms with Crippen LogP contribution in [0.15, 0.2) is 47.9 Å². The average molecular weight is 373 g/mol. The zero-order valence-corrected chi connectivity index (χ0v) is 15.6. The number of sulfonamides is 1. The molecule has 0 atom stereocenters. The van der Waals surface area contributed by atoms with Crippen LogP contribution in [0.3, 0.4) is 0 Å². The Morgan fingerprint density at radius 2 is 1.77 bits per heavy atom. The number of rotatable bonds is 6. The van der Waals surface area contributed by atoms with Gasteiger partial charge in [-0.3, -0.25) is 0 Å². The Morgan fingerprint density at radius 3 is 2.38 bits per heavy atom. The quantitative estimate of drug-likeness (QED) is 0.835. The summed E-state index contributed by atoms with van der Waals surface area (Å²) in [4.78, 5) is 2.05. The van der Waals surface area contributed by atoms with Crippen LogP contribution in [-0.2, 0) is 10.0 Å². The van der Waals surface area contributed by atoms with Gasteiger partial charge in [-0.2, -0.15) is 4.31 Å². The van der Waals surface area contributed by atoms with E-state index in [1.807, 2.05) is 49.4 Å². The van der Waals surface area contributed by atoms with Gasteiger partial charge in [0.2, 0.25) is 10.0 Å². The fourth-order valence-electron chi connectivity index (χ4n) is 2.76. The fraction of sp³-hybridized carbons (Fsp3) is 0.333. The average Bonchev–Trinajstić information content (AvgIpc) is 2.68. The van der Waals surface area contributed by atoms with Crippen LogP contribution in [0.5, 0.6) is 0 Å². The van der Waals surface area contributed by atoms with Crippen molar-refractivity contribution < 1.29 is 8.42 Å². The maximum absolute atomic E-state index is 12.5. The molecule has 0 bridgehead atoms. The van der Waals surface area contributed by atoms with E-state index in [0.29, 0.717) is 26.2 Å². The minimum absolute atomic E-state index is 0.429. The number of anilines is 2. The second kappa shape index (κ2) is 8.29. The van der Waals surface area contributed by atoms with Crippen LogP contribution in [-0.4, -0.2) is 55.6 Å². The minimum atomic E-state index is -3.42. The van der Waals surface area contributed by atoms with Crippen molar-refractivity contribution in [2.45, 2.75) is 6.92 Å². The van der Waals surface area contributed by atoms with E-state index in [9.17, 15) is 8.42 Å². The lowest BCUT2D eigenvalue weighted by molar-refractivity contribution is 0.388. The van der Waals surface area contributed by atoms with Crippen LogP contribution in [0.4, 0.5) is 11.6 Å². The number of nitrogens with zero attached hydrogens (tertiary/aromatic N) is 4. The molecule has 1 N–H and O–H groups in total. The van der Waals surface area contributed by atoms with Crippen molar-refractivity contribution in [3.8, 4) is 0 Å². The molecule has 1 aliphatic rings. The third-order valence-corrected chi connectivity index (χ3v) is 5.73. The number of hydrogen-bond acceptors (Lipinski definition) is 6. The first-order valence-electron chi connectivity index (χ1n) is 8.64. The highest BCUT2D eigenvalue weighted by Crippen LogP contribution is 2.17. The van der Waals surface area contributed by atoms with E-state index in [2.05, 4.69) is 20.4 Å². The van der Waals surface area contributed by atoms with Crippen LogP contribution >= 0.6 is 0 Å². The number of aromatic nitrogens is 2. The zero-order chi connectivity index (χ0) is 18.4. The van der Waals surface area contributed by atoms with E-state index in [1.54, 1.807) is 6.08 Å². The van der Waals surface area contributed by atoms with Gasteiger partial charge in [0.15, 0.2) is 5.82 Å². The standard InChI is InChI=1S/C18H23N5O2S/c1-2-19-17-8-9-18(21-20-17)22-11-13-23(14-12-22)26(24,25)15-10-16-6-4-3-5-7-16/h3-10,15H,2,11-14H2,1H3,(H,19,20)/b15-10+. The van der Waals surface area contributed by atoms with Crippen LogP contribution in [0.1, 0.15) is 12.5 Å². The van der Waals surface area contributed by atoms with E-state index < -0.39 is 10.0 Å². The van der Waals surface area contributed by atoms with Crippen LogP contribution in [0.25, 0.3) is 6.08 Å². The number of piperazine rings is 1. The molecular weight excluding hydrogens is 350 g/mol. The smallest absolute Gasteiger partial charge is 0.236 e. The molecule has 7 nitrogen and oxygen atoms in total. The Hall–Kier alpha value is -2.45. The molecule has 0 aliphatic carbocycles. The monoisotopic (exact) mass is 373 g/mol. The summed E-state index contributed by atoms with van der Waals surface area (Å²) in [5.41, 5.74) is 0.866. The predicted octanol–water partition coefficient (Wildman–Crippen LogP) is 2.03. The highest BCUT2D eigenvalue weighted by atomic mass is 32.2. The van der Waals surface area contributed by atoms with Gasteiger partial charge in [-0.15, -0.1) is 10.2 Å². The number of nitrogens with one attached hydrogen (secondary N) is 1. The van der Waals surface area contributed by atoms with E-state index in [1.165, 1.54) is 9.71 Å². The van der Waals surface area contributed by atoms with E-state index in [4.69, 9.17) is 0 Å². The van der Waals surface area contributed by atoms with Crippen LogP contribution < -0.4 is 10.2 Å². The number of hydrogen-bond donors (Lipinski definition) is 1. The van der Waals surface area contributed by atoms with Crippen molar-refractivity contribution >= 4 is 27.7 Å². The van der Waals surface area contributed by atoms with Gasteiger partial charge in [-0.1, -0.05) is 30.3 Å². The molecular formula is C18H23N5O2S. The molecule has 1 aromatic carbocycles. The van der Waals surface area contributed by atoms with Gasteiger partial charge in [0.1, 0.15) is 5.82 Å². The first-order chi connectivity index (χ1) is 12.6. The highest BCUT2D eigenvalue weighted by Gasteiger charge is 2.25. The van der Waals surface area contributed by atoms with Crippen LogP contribution in [0, 0.1) is 0 Å². The van der Waals surface area contributed by atoms with Gasteiger partial charge >= 0.3 is 0 Å². The maximum Gasteiger partial charge on any atom is 0.236 e. The minimum Gasteiger partial charge on any atom is -0.369 e. The van der Waals surface area contributed by atoms with Crippen molar-refractivity contribution in [3.05, 3.63) is 53.4 Å². The topological polar surface area (TPSA) is 78.4 Å². The van der Waals surface area contributed by atoms with Gasteiger partial charge in [0, 0.05) is 38.1 Å². The van der Waals surface area contributed by atoms with E-state index in [0.717, 1.165) is 23.7 Å². The number of benzene rings is 1. The summed E-state index contributed by atoms with van der Waals surface area (Å²) in [5.74, 6) is 1.51. The predicted molar refractivity (Wildman–Crippen MR) is 104 cm³/mol. The Labute approximate surface area is 154 Å². The lowest BCUT2D eigenvalue weighted by Crippen LogP contribution is -2.48. The summed E-state index contributed by atoms with van der Waals surface area (Å²) in [6.07, 6.45) is 1.63. The molecule has 1 aliphatic heterocycles. The third-order valence-electron chi connectivity index (χ3n) is 4.16. The van der Waals surface area contributed by atoms with Crippen molar-refractivity contribution in [1.29, 1.82) is 0 Å². The Bertz CT molecular complexity index is 830. The molecule has 1 fully saturated rings. The lowest BCUT2D eigenvalue weighted by atomic mass is 10.2. The summed E-state index contributed by atoms with van der Waals surface area (Å²) in [6, 6.07) is 13.2. The van der Waals surface area contributed by atoms with Crippen molar-refractivity contribution in [3.63, 3.8) is 0 Å². The van der Waals surface area contributed by atoms with Crippen molar-refractivity contribution in [2.75, 3.05) is 42.9 Å². The molecule has 2 aromatic rings. The molecule has 1 aromatic heterocycles. The van der Waals surface area contributed by atoms with Gasteiger partial charge < -0.3 is 10.2 Å². The third kappa shape index (κ3) is 4.59. The summed E-state index contributed by atoms with van der Waals surface area (Å²) in [6.45, 7) is 4.83. The maximum atomic E-state index is 12.5. The van der Waals surface area contributed by atoms with E-state index >= 15 is 0 Å². The van der Waals surface area contributed by atoms with Crippen LogP contribution in [0.2, 0.25) is 0 Å². The summed E-state index contributed by atoms with van der Waals surface area (Å²) in [7, 11) is -3.42. The normalized spacial score (nSPS) is 16.1. The molecule has 0 unspecified atom stereocenters. The van der Waals surface area contributed by atoms with Gasteiger partial charge in [0.05, 0.1) is 0 Å². The fourth-order valence-corrected chi connectivity index (χ4v) is 3.93. The molecule has 0 spiro atoms. The van der Waals surface area contributed by atoms with Crippen molar-refractivity contribution in [2.24, 2.45) is 0 Å². The summed E-state index contributed by atoms with van der Waals surface area (Å²) >= 11 is 0. The largest absolute Gasteiger partial charge is 0.369 e. The molecule has 1 saturated heterocycles.